The van der Waals surface area contributed by atoms with Crippen LogP contribution in [0.1, 0.15) is 30.5 Å². The van der Waals surface area contributed by atoms with Crippen molar-refractivity contribution in [3.63, 3.8) is 0 Å². The lowest BCUT2D eigenvalue weighted by Crippen LogP contribution is -2.32. The number of nitrogen functional groups attached to an aromatic ring is 1. The summed E-state index contributed by atoms with van der Waals surface area (Å²) >= 11 is 0. The van der Waals surface area contributed by atoms with Gasteiger partial charge in [0.1, 0.15) is 17.4 Å². The fourth-order valence-electron chi connectivity index (χ4n) is 4.47. The Bertz CT molecular complexity index is 1130. The molecule has 3 N–H and O–H groups in total. The van der Waals surface area contributed by atoms with Crippen molar-refractivity contribution < 1.29 is 14.6 Å². The SMILES string of the molecule is Nc1nc(OC[C@H]2CCC(=O)C2)nc2c1CCN(c1cc(O)cc3ccccc13)C2. The molecule has 1 fully saturated rings. The molecule has 7 nitrogen and oxygen atoms in total. The highest BCUT2D eigenvalue weighted by molar-refractivity contribution is 5.95. The highest BCUT2D eigenvalue weighted by Gasteiger charge is 2.25. The predicted octanol–water partition coefficient (Wildman–Crippen LogP) is 3.23. The topological polar surface area (TPSA) is 102 Å². The van der Waals surface area contributed by atoms with E-state index in [4.69, 9.17) is 10.5 Å². The van der Waals surface area contributed by atoms with Gasteiger partial charge >= 0.3 is 6.01 Å². The van der Waals surface area contributed by atoms with Crippen molar-refractivity contribution >= 4 is 28.1 Å². The van der Waals surface area contributed by atoms with Crippen LogP contribution in [0.5, 0.6) is 11.8 Å². The van der Waals surface area contributed by atoms with Crippen LogP contribution in [0, 0.1) is 5.92 Å². The third-order valence-corrected chi connectivity index (χ3v) is 6.04. The highest BCUT2D eigenvalue weighted by Crippen LogP contribution is 2.35. The normalized spacial score (nSPS) is 18.6. The van der Waals surface area contributed by atoms with Crippen LogP contribution in [0.15, 0.2) is 36.4 Å². The third-order valence-electron chi connectivity index (χ3n) is 6.04. The first kappa shape index (κ1) is 18.7. The molecule has 2 aromatic carbocycles. The molecule has 0 saturated heterocycles. The van der Waals surface area contributed by atoms with E-state index in [9.17, 15) is 9.90 Å². The molecule has 2 aliphatic rings. The maximum atomic E-state index is 11.5. The smallest absolute Gasteiger partial charge is 0.318 e. The second-order valence-electron chi connectivity index (χ2n) is 8.13. The molecule has 0 radical (unpaired) electrons. The number of anilines is 2. The summed E-state index contributed by atoms with van der Waals surface area (Å²) in [5.74, 6) is 1.22. The first-order valence-electron chi connectivity index (χ1n) is 10.3. The monoisotopic (exact) mass is 404 g/mol. The Morgan fingerprint density at radius 3 is 2.90 bits per heavy atom. The van der Waals surface area contributed by atoms with Crippen LogP contribution in [0.25, 0.3) is 10.8 Å². The van der Waals surface area contributed by atoms with Crippen molar-refractivity contribution in [1.82, 2.24) is 9.97 Å². The van der Waals surface area contributed by atoms with Gasteiger partial charge < -0.3 is 20.5 Å². The Kier molecular flexibility index (Phi) is 4.65. The number of rotatable bonds is 4. The number of phenols is 1. The van der Waals surface area contributed by atoms with Gasteiger partial charge in [-0.15, -0.1) is 0 Å². The zero-order chi connectivity index (χ0) is 20.7. The first-order valence-corrected chi connectivity index (χ1v) is 10.3. The van der Waals surface area contributed by atoms with Gasteiger partial charge in [-0.2, -0.15) is 9.97 Å². The molecule has 0 spiro atoms. The molecule has 1 aliphatic heterocycles. The summed E-state index contributed by atoms with van der Waals surface area (Å²) in [5, 5.41) is 12.3. The fourth-order valence-corrected chi connectivity index (χ4v) is 4.47. The van der Waals surface area contributed by atoms with E-state index in [-0.39, 0.29) is 17.7 Å². The molecule has 7 heteroatoms. The zero-order valence-corrected chi connectivity index (χ0v) is 16.7. The van der Waals surface area contributed by atoms with Gasteiger partial charge in [-0.05, 0) is 24.3 Å². The number of nitrogens with zero attached hydrogens (tertiary/aromatic N) is 3. The average Bonchev–Trinajstić information content (AvgIpc) is 3.16. The molecule has 2 heterocycles. The Morgan fingerprint density at radius 1 is 1.20 bits per heavy atom. The van der Waals surface area contributed by atoms with Crippen molar-refractivity contribution in [3.05, 3.63) is 47.7 Å². The van der Waals surface area contributed by atoms with Crippen molar-refractivity contribution in [2.75, 3.05) is 23.8 Å². The lowest BCUT2D eigenvalue weighted by Gasteiger charge is -2.31. The zero-order valence-electron chi connectivity index (χ0n) is 16.7. The molecule has 30 heavy (non-hydrogen) atoms. The molecular formula is C23H24N4O3. The summed E-state index contributed by atoms with van der Waals surface area (Å²) in [6, 6.07) is 11.9. The fraction of sp³-hybridized carbons (Fsp3) is 0.348. The molecule has 1 saturated carbocycles. The van der Waals surface area contributed by atoms with Crippen LogP contribution < -0.4 is 15.4 Å². The van der Waals surface area contributed by atoms with E-state index in [0.717, 1.165) is 47.1 Å². The number of benzene rings is 2. The molecule has 1 aliphatic carbocycles. The van der Waals surface area contributed by atoms with Crippen LogP contribution in [-0.2, 0) is 17.8 Å². The number of carbonyl (C=O) groups excluding carboxylic acids is 1. The van der Waals surface area contributed by atoms with Crippen molar-refractivity contribution in [1.29, 1.82) is 0 Å². The van der Waals surface area contributed by atoms with E-state index in [1.807, 2.05) is 18.2 Å². The number of phenolic OH excluding ortho intramolecular Hbond substituents is 1. The van der Waals surface area contributed by atoms with Crippen LogP contribution >= 0.6 is 0 Å². The van der Waals surface area contributed by atoms with Crippen molar-refractivity contribution in [2.24, 2.45) is 5.92 Å². The number of carbonyl (C=O) groups is 1. The minimum atomic E-state index is 0.230. The summed E-state index contributed by atoms with van der Waals surface area (Å²) in [6.07, 6.45) is 2.78. The van der Waals surface area contributed by atoms with E-state index in [1.54, 1.807) is 12.1 Å². The lowest BCUT2D eigenvalue weighted by atomic mass is 10.0. The van der Waals surface area contributed by atoms with E-state index in [1.165, 1.54) is 0 Å². The van der Waals surface area contributed by atoms with E-state index < -0.39 is 0 Å². The Balaban J connectivity index is 1.41. The Morgan fingerprint density at radius 2 is 2.07 bits per heavy atom. The van der Waals surface area contributed by atoms with E-state index >= 15 is 0 Å². The van der Waals surface area contributed by atoms with Gasteiger partial charge in [0.05, 0.1) is 18.8 Å². The minimum Gasteiger partial charge on any atom is -0.508 e. The Labute approximate surface area is 174 Å². The van der Waals surface area contributed by atoms with Crippen LogP contribution in [0.3, 0.4) is 0 Å². The average molecular weight is 404 g/mol. The predicted molar refractivity (Wildman–Crippen MR) is 115 cm³/mol. The number of ketones is 1. The van der Waals surface area contributed by atoms with Gasteiger partial charge in [0, 0.05) is 48.0 Å². The number of hydrogen-bond donors (Lipinski definition) is 2. The number of nitrogens with two attached hydrogens (primary N) is 1. The molecule has 154 valence electrons. The maximum Gasteiger partial charge on any atom is 0.318 e. The quantitative estimate of drug-likeness (QED) is 0.688. The number of ether oxygens (including phenoxy) is 1. The lowest BCUT2D eigenvalue weighted by molar-refractivity contribution is -0.117. The summed E-state index contributed by atoms with van der Waals surface area (Å²) in [5.41, 5.74) is 8.98. The van der Waals surface area contributed by atoms with E-state index in [2.05, 4.69) is 20.9 Å². The van der Waals surface area contributed by atoms with Crippen LogP contribution in [0.2, 0.25) is 0 Å². The third kappa shape index (κ3) is 3.51. The van der Waals surface area contributed by atoms with Crippen LogP contribution in [0.4, 0.5) is 11.5 Å². The van der Waals surface area contributed by atoms with Gasteiger partial charge in [0.25, 0.3) is 0 Å². The minimum absolute atomic E-state index is 0.230. The molecule has 1 atom stereocenters. The van der Waals surface area contributed by atoms with Crippen LogP contribution in [-0.4, -0.2) is 34.0 Å². The standard InChI is InChI=1S/C23H24N4O3/c24-22-19-7-8-27(21-11-17(29)10-15-3-1-2-4-18(15)21)12-20(19)25-23(26-22)30-13-14-5-6-16(28)9-14/h1-4,10-11,14,29H,5-9,12-13H2,(H2,24,25,26)/t14-/m0/s1. The van der Waals surface area contributed by atoms with Gasteiger partial charge in [-0.3, -0.25) is 4.79 Å². The molecule has 0 bridgehead atoms. The second-order valence-corrected chi connectivity index (χ2v) is 8.13. The van der Waals surface area contributed by atoms with Gasteiger partial charge in [0.15, 0.2) is 0 Å². The summed E-state index contributed by atoms with van der Waals surface area (Å²) in [4.78, 5) is 22.6. The largest absolute Gasteiger partial charge is 0.508 e. The molecular weight excluding hydrogens is 380 g/mol. The molecule has 5 rings (SSSR count). The summed E-state index contributed by atoms with van der Waals surface area (Å²) < 4.78 is 5.80. The molecule has 0 unspecified atom stereocenters. The second kappa shape index (κ2) is 7.48. The summed E-state index contributed by atoms with van der Waals surface area (Å²) in [6.45, 7) is 1.76. The van der Waals surface area contributed by atoms with Gasteiger partial charge in [0.2, 0.25) is 0 Å². The number of Topliss-reactive ketones (excluding diaryl/α,β-unsaturated/α-hetero) is 1. The Hall–Kier alpha value is -3.35. The van der Waals surface area contributed by atoms with E-state index in [0.29, 0.717) is 37.6 Å². The number of aromatic hydroxyl groups is 1. The molecule has 3 aromatic rings. The van der Waals surface area contributed by atoms with Crippen molar-refractivity contribution in [2.45, 2.75) is 32.2 Å². The molecule has 0 amide bonds. The van der Waals surface area contributed by atoms with Gasteiger partial charge in [-0.1, -0.05) is 24.3 Å². The summed E-state index contributed by atoms with van der Waals surface area (Å²) in [7, 11) is 0. The number of aromatic nitrogens is 2. The number of fused-ring (bicyclic) bond motifs is 2. The van der Waals surface area contributed by atoms with Crippen molar-refractivity contribution in [3.8, 4) is 11.8 Å². The van der Waals surface area contributed by atoms with Gasteiger partial charge in [-0.25, -0.2) is 0 Å². The number of hydrogen-bond acceptors (Lipinski definition) is 7. The first-order chi connectivity index (χ1) is 14.6. The highest BCUT2D eigenvalue weighted by atomic mass is 16.5. The molecule has 1 aromatic heterocycles. The maximum absolute atomic E-state index is 11.5.